The minimum absolute atomic E-state index is 0.00787. The van der Waals surface area contributed by atoms with Crippen molar-refractivity contribution in [1.82, 2.24) is 0 Å². The Morgan fingerprint density at radius 2 is 1.00 bits per heavy atom. The first-order valence-corrected chi connectivity index (χ1v) is 8.44. The lowest BCUT2D eigenvalue weighted by Gasteiger charge is -2.22. The lowest BCUT2D eigenvalue weighted by molar-refractivity contribution is -0.385. The second-order valence-electron chi connectivity index (χ2n) is 7.10. The van der Waals surface area contributed by atoms with Crippen molar-refractivity contribution in [2.75, 3.05) is 0 Å². The van der Waals surface area contributed by atoms with Gasteiger partial charge in [-0.05, 0) is 36.8 Å². The second kappa shape index (κ2) is 5.45. The number of hydrogen-bond acceptors (Lipinski definition) is 5. The Morgan fingerprint density at radius 3 is 1.23 bits per heavy atom. The molecule has 7 nitrogen and oxygen atoms in total. The fourth-order valence-corrected chi connectivity index (χ4v) is 3.81. The van der Waals surface area contributed by atoms with Crippen LogP contribution in [0.5, 0.6) is 0 Å². The Morgan fingerprint density at radius 1 is 0.692 bits per heavy atom. The van der Waals surface area contributed by atoms with E-state index in [9.17, 15) is 25.0 Å². The molecule has 0 saturated heterocycles. The number of rotatable bonds is 6. The summed E-state index contributed by atoms with van der Waals surface area (Å²) in [6.07, 6.45) is 2.94. The number of nitro groups is 2. The Bertz CT molecular complexity index is 834. The molecule has 2 aromatic carbocycles. The van der Waals surface area contributed by atoms with Gasteiger partial charge in [-0.1, -0.05) is 24.3 Å². The minimum Gasteiger partial charge on any atom is -0.298 e. The van der Waals surface area contributed by atoms with E-state index in [4.69, 9.17) is 0 Å². The zero-order chi connectivity index (χ0) is 18.5. The number of benzene rings is 2. The predicted octanol–water partition coefficient (Wildman–Crippen LogP) is 3.84. The van der Waals surface area contributed by atoms with Crippen LogP contribution < -0.4 is 0 Å². The fraction of sp³-hybridized carbons (Fsp3) is 0.316. The summed E-state index contributed by atoms with van der Waals surface area (Å²) < 4.78 is 0. The SMILES string of the molecule is O=C(C1(c2ccc([N+](=O)[O-])cc2)CC1)C1(c2ccc([N+](=O)[O-])cc2)CC1. The van der Waals surface area contributed by atoms with Crippen LogP contribution in [0.25, 0.3) is 0 Å². The zero-order valence-corrected chi connectivity index (χ0v) is 13.9. The molecule has 0 atom stereocenters. The lowest BCUT2D eigenvalue weighted by atomic mass is 9.79. The van der Waals surface area contributed by atoms with Gasteiger partial charge in [0.05, 0.1) is 20.7 Å². The molecule has 2 aliphatic rings. The number of carbonyl (C=O) groups is 1. The van der Waals surface area contributed by atoms with Gasteiger partial charge in [-0.3, -0.25) is 25.0 Å². The summed E-state index contributed by atoms with van der Waals surface area (Å²) in [6.45, 7) is 0. The molecule has 0 aliphatic heterocycles. The summed E-state index contributed by atoms with van der Waals surface area (Å²) in [7, 11) is 0. The van der Waals surface area contributed by atoms with Crippen molar-refractivity contribution in [3.8, 4) is 0 Å². The van der Waals surface area contributed by atoms with Crippen LogP contribution in [0.1, 0.15) is 36.8 Å². The molecule has 2 aromatic rings. The smallest absolute Gasteiger partial charge is 0.269 e. The summed E-state index contributed by atoms with van der Waals surface area (Å²) in [4.78, 5) is 34.1. The molecule has 4 rings (SSSR count). The fourth-order valence-electron chi connectivity index (χ4n) is 3.81. The third kappa shape index (κ3) is 2.39. The zero-order valence-electron chi connectivity index (χ0n) is 13.9. The molecule has 2 fully saturated rings. The molecule has 0 heterocycles. The molecule has 26 heavy (non-hydrogen) atoms. The van der Waals surface area contributed by atoms with Gasteiger partial charge in [0.15, 0.2) is 5.78 Å². The van der Waals surface area contributed by atoms with Crippen molar-refractivity contribution in [3.63, 3.8) is 0 Å². The third-order valence-corrected chi connectivity index (χ3v) is 5.63. The van der Waals surface area contributed by atoms with Gasteiger partial charge < -0.3 is 0 Å². The summed E-state index contributed by atoms with van der Waals surface area (Å²) in [6, 6.07) is 12.5. The van der Waals surface area contributed by atoms with Gasteiger partial charge in [0.25, 0.3) is 11.4 Å². The maximum absolute atomic E-state index is 13.4. The summed E-state index contributed by atoms with van der Waals surface area (Å²) in [5.41, 5.74) is 0.505. The van der Waals surface area contributed by atoms with Crippen molar-refractivity contribution in [2.24, 2.45) is 0 Å². The number of non-ortho nitro benzene ring substituents is 2. The first kappa shape index (κ1) is 16.4. The van der Waals surface area contributed by atoms with Crippen molar-refractivity contribution in [1.29, 1.82) is 0 Å². The normalized spacial score (nSPS) is 18.8. The monoisotopic (exact) mass is 352 g/mol. The highest BCUT2D eigenvalue weighted by Crippen LogP contribution is 2.60. The summed E-state index contributed by atoms with van der Waals surface area (Å²) in [5, 5.41) is 21.7. The maximum Gasteiger partial charge on any atom is 0.269 e. The highest BCUT2D eigenvalue weighted by atomic mass is 16.6. The first-order chi connectivity index (χ1) is 12.4. The summed E-state index contributed by atoms with van der Waals surface area (Å²) >= 11 is 0. The van der Waals surface area contributed by atoms with Crippen LogP contribution in [-0.4, -0.2) is 15.6 Å². The van der Waals surface area contributed by atoms with E-state index in [-0.39, 0.29) is 17.2 Å². The molecule has 0 N–H and O–H groups in total. The van der Waals surface area contributed by atoms with Crippen LogP contribution >= 0.6 is 0 Å². The maximum atomic E-state index is 13.4. The predicted molar refractivity (Wildman–Crippen MR) is 93.0 cm³/mol. The Labute approximate surface area is 148 Å². The molecule has 2 saturated carbocycles. The molecule has 0 spiro atoms. The largest absolute Gasteiger partial charge is 0.298 e. The third-order valence-electron chi connectivity index (χ3n) is 5.63. The molecule has 0 radical (unpaired) electrons. The Hall–Kier alpha value is -3.09. The van der Waals surface area contributed by atoms with E-state index in [2.05, 4.69) is 0 Å². The molecule has 2 aliphatic carbocycles. The van der Waals surface area contributed by atoms with E-state index >= 15 is 0 Å². The van der Waals surface area contributed by atoms with E-state index in [1.54, 1.807) is 24.3 Å². The van der Waals surface area contributed by atoms with Crippen molar-refractivity contribution >= 4 is 17.2 Å². The van der Waals surface area contributed by atoms with Gasteiger partial charge in [0.1, 0.15) is 0 Å². The average Bonchev–Trinajstić information content (AvgIpc) is 3.56. The molecule has 0 amide bonds. The number of hydrogen-bond donors (Lipinski definition) is 0. The van der Waals surface area contributed by atoms with Gasteiger partial charge in [0.2, 0.25) is 0 Å². The molecule has 0 bridgehead atoms. The molecular formula is C19H16N2O5. The van der Waals surface area contributed by atoms with Gasteiger partial charge in [-0.15, -0.1) is 0 Å². The first-order valence-electron chi connectivity index (χ1n) is 8.44. The van der Waals surface area contributed by atoms with Crippen LogP contribution in [0.15, 0.2) is 48.5 Å². The Kier molecular flexibility index (Phi) is 3.44. The lowest BCUT2D eigenvalue weighted by Crippen LogP contribution is -2.32. The van der Waals surface area contributed by atoms with Crippen LogP contribution in [0.3, 0.4) is 0 Å². The van der Waals surface area contributed by atoms with E-state index in [0.717, 1.165) is 36.8 Å². The van der Waals surface area contributed by atoms with Gasteiger partial charge in [0, 0.05) is 24.3 Å². The van der Waals surface area contributed by atoms with Crippen LogP contribution in [-0.2, 0) is 15.6 Å². The molecule has 7 heteroatoms. The van der Waals surface area contributed by atoms with E-state index in [0.29, 0.717) is 0 Å². The van der Waals surface area contributed by atoms with Crippen molar-refractivity contribution < 1.29 is 14.6 Å². The van der Waals surface area contributed by atoms with Crippen molar-refractivity contribution in [3.05, 3.63) is 79.9 Å². The summed E-state index contributed by atoms with van der Waals surface area (Å²) in [5.74, 6) is 0.132. The number of nitro benzene ring substituents is 2. The standard InChI is InChI=1S/C19H16N2O5/c22-17(18(9-10-18)13-1-5-15(6-2-13)20(23)24)19(11-12-19)14-3-7-16(8-4-14)21(25)26/h1-8H,9-12H2. The second-order valence-corrected chi connectivity index (χ2v) is 7.10. The van der Waals surface area contributed by atoms with Crippen molar-refractivity contribution in [2.45, 2.75) is 36.5 Å². The number of ketones is 1. The average molecular weight is 352 g/mol. The Balaban J connectivity index is 1.64. The number of nitrogens with zero attached hydrogens (tertiary/aromatic N) is 2. The molecule has 132 valence electrons. The van der Waals surface area contributed by atoms with Gasteiger partial charge >= 0.3 is 0 Å². The quantitative estimate of drug-likeness (QED) is 0.580. The van der Waals surface area contributed by atoms with Gasteiger partial charge in [-0.2, -0.15) is 0 Å². The van der Waals surface area contributed by atoms with Crippen LogP contribution in [0.4, 0.5) is 11.4 Å². The molecular weight excluding hydrogens is 336 g/mol. The minimum atomic E-state index is -0.576. The number of carbonyl (C=O) groups excluding carboxylic acids is 1. The van der Waals surface area contributed by atoms with E-state index < -0.39 is 20.7 Å². The van der Waals surface area contributed by atoms with Gasteiger partial charge in [-0.25, -0.2) is 0 Å². The molecule has 0 unspecified atom stereocenters. The highest BCUT2D eigenvalue weighted by Gasteiger charge is 2.63. The van der Waals surface area contributed by atoms with Crippen LogP contribution in [0, 0.1) is 20.2 Å². The molecule has 0 aromatic heterocycles. The van der Waals surface area contributed by atoms with E-state index in [1.165, 1.54) is 24.3 Å². The number of Topliss-reactive ketones (excluding diaryl/α,β-unsaturated/α-hetero) is 1. The van der Waals surface area contributed by atoms with Crippen LogP contribution in [0.2, 0.25) is 0 Å². The topological polar surface area (TPSA) is 103 Å². The van der Waals surface area contributed by atoms with E-state index in [1.807, 2.05) is 0 Å². The highest BCUT2D eigenvalue weighted by molar-refractivity contribution is 6.03.